The molecule has 0 saturated carbocycles. The molecule has 1 rings (SSSR count). The van der Waals surface area contributed by atoms with E-state index in [0.717, 1.165) is 6.42 Å². The van der Waals surface area contributed by atoms with Gasteiger partial charge in [-0.3, -0.25) is 14.6 Å². The Hall–Kier alpha value is -2.24. The highest BCUT2D eigenvalue weighted by Gasteiger charge is 2.09. The number of carbonyl (C=O) groups excluding carboxylic acids is 2. The molecule has 1 aromatic rings. The fourth-order valence-electron chi connectivity index (χ4n) is 1.55. The molecule has 20 heavy (non-hydrogen) atoms. The van der Waals surface area contributed by atoms with Crippen LogP contribution >= 0.6 is 0 Å². The number of pyridine rings is 1. The van der Waals surface area contributed by atoms with Gasteiger partial charge in [0.2, 0.25) is 0 Å². The van der Waals surface area contributed by atoms with Crippen LogP contribution in [0.25, 0.3) is 0 Å². The number of nitrogens with zero attached hydrogens (tertiary/aromatic N) is 2. The van der Waals surface area contributed by atoms with Crippen LogP contribution < -0.4 is 5.43 Å². The molecule has 108 valence electrons. The van der Waals surface area contributed by atoms with Crippen molar-refractivity contribution in [3.8, 4) is 0 Å². The molecule has 0 aliphatic carbocycles. The van der Waals surface area contributed by atoms with Crippen LogP contribution in [-0.4, -0.2) is 29.2 Å². The van der Waals surface area contributed by atoms with E-state index in [1.807, 2.05) is 6.92 Å². The third-order valence-electron chi connectivity index (χ3n) is 2.45. The fraction of sp³-hybridized carbons (Fsp3) is 0.429. The lowest BCUT2D eigenvalue weighted by molar-refractivity contribution is -0.141. The van der Waals surface area contributed by atoms with Crippen molar-refractivity contribution in [2.75, 3.05) is 6.61 Å². The number of carbonyl (C=O) groups is 2. The van der Waals surface area contributed by atoms with Crippen LogP contribution in [0.4, 0.5) is 0 Å². The van der Waals surface area contributed by atoms with Gasteiger partial charge in [-0.05, 0) is 25.5 Å². The second-order valence-electron chi connectivity index (χ2n) is 4.09. The van der Waals surface area contributed by atoms with Crippen molar-refractivity contribution >= 4 is 17.6 Å². The molecule has 0 fully saturated rings. The van der Waals surface area contributed by atoms with Gasteiger partial charge in [0.25, 0.3) is 5.91 Å². The number of hydrazone groups is 1. The predicted molar refractivity (Wildman–Crippen MR) is 75.3 cm³/mol. The molecule has 0 radical (unpaired) electrons. The molecule has 0 aliphatic rings. The van der Waals surface area contributed by atoms with Crippen molar-refractivity contribution in [2.24, 2.45) is 5.10 Å². The van der Waals surface area contributed by atoms with Crippen molar-refractivity contribution in [3.05, 3.63) is 30.1 Å². The Bertz CT molecular complexity index is 472. The normalized spacial score (nSPS) is 11.0. The number of rotatable bonds is 7. The molecule has 0 spiro atoms. The van der Waals surface area contributed by atoms with Crippen LogP contribution in [0.3, 0.4) is 0 Å². The van der Waals surface area contributed by atoms with Gasteiger partial charge in [-0.1, -0.05) is 13.3 Å². The Labute approximate surface area is 118 Å². The van der Waals surface area contributed by atoms with Crippen molar-refractivity contribution in [3.63, 3.8) is 0 Å². The van der Waals surface area contributed by atoms with Crippen LogP contribution in [0.15, 0.2) is 29.6 Å². The van der Waals surface area contributed by atoms with Gasteiger partial charge in [-0.15, -0.1) is 0 Å². The van der Waals surface area contributed by atoms with Gasteiger partial charge in [-0.25, -0.2) is 5.43 Å². The average Bonchev–Trinajstić information content (AvgIpc) is 2.46. The zero-order valence-corrected chi connectivity index (χ0v) is 11.8. The summed E-state index contributed by atoms with van der Waals surface area (Å²) in [6, 6.07) is 3.19. The molecule has 0 bridgehead atoms. The second-order valence-corrected chi connectivity index (χ2v) is 4.09. The first-order valence-electron chi connectivity index (χ1n) is 6.58. The fourth-order valence-corrected chi connectivity index (χ4v) is 1.55. The first-order valence-corrected chi connectivity index (χ1v) is 6.58. The maximum absolute atomic E-state index is 11.8. The maximum Gasteiger partial charge on any atom is 0.311 e. The van der Waals surface area contributed by atoms with Gasteiger partial charge in [0.15, 0.2) is 0 Å². The highest BCUT2D eigenvalue weighted by atomic mass is 16.5. The van der Waals surface area contributed by atoms with Crippen LogP contribution in [-0.2, 0) is 9.53 Å². The number of esters is 1. The Morgan fingerprint density at radius 1 is 1.30 bits per heavy atom. The lowest BCUT2D eigenvalue weighted by Gasteiger charge is -2.06. The summed E-state index contributed by atoms with van der Waals surface area (Å²) in [7, 11) is 0. The van der Waals surface area contributed by atoms with Crippen molar-refractivity contribution in [2.45, 2.75) is 33.1 Å². The van der Waals surface area contributed by atoms with E-state index in [1.54, 1.807) is 19.1 Å². The smallest absolute Gasteiger partial charge is 0.311 e. The van der Waals surface area contributed by atoms with E-state index < -0.39 is 0 Å². The second kappa shape index (κ2) is 8.79. The average molecular weight is 277 g/mol. The third kappa shape index (κ3) is 5.60. The molecule has 6 nitrogen and oxygen atoms in total. The van der Waals surface area contributed by atoms with Gasteiger partial charge < -0.3 is 4.74 Å². The molecule has 0 aromatic carbocycles. The van der Waals surface area contributed by atoms with Crippen molar-refractivity contribution < 1.29 is 14.3 Å². The lowest BCUT2D eigenvalue weighted by atomic mass is 10.2. The summed E-state index contributed by atoms with van der Waals surface area (Å²) in [4.78, 5) is 27.1. The van der Waals surface area contributed by atoms with Crippen LogP contribution in [0.2, 0.25) is 0 Å². The van der Waals surface area contributed by atoms with E-state index in [0.29, 0.717) is 24.3 Å². The van der Waals surface area contributed by atoms with Gasteiger partial charge in [0.05, 0.1) is 13.0 Å². The van der Waals surface area contributed by atoms with E-state index >= 15 is 0 Å². The van der Waals surface area contributed by atoms with E-state index in [-0.39, 0.29) is 18.3 Å². The Balaban J connectivity index is 2.62. The first kappa shape index (κ1) is 15.8. The number of amides is 1. The third-order valence-corrected chi connectivity index (χ3v) is 2.45. The number of hydrogen-bond acceptors (Lipinski definition) is 5. The standard InChI is InChI=1S/C14H19N3O3/c1-3-5-12(10-13(18)20-4-2)16-17-14(19)11-6-8-15-9-7-11/h6-9H,3-5,10H2,1-2H3,(H,17,19)/b16-12+. The number of hydrogen-bond donors (Lipinski definition) is 1. The molecule has 6 heteroatoms. The molecule has 1 aromatic heterocycles. The van der Waals surface area contributed by atoms with Gasteiger partial charge in [-0.2, -0.15) is 5.10 Å². The van der Waals surface area contributed by atoms with E-state index in [9.17, 15) is 9.59 Å². The summed E-state index contributed by atoms with van der Waals surface area (Å²) >= 11 is 0. The summed E-state index contributed by atoms with van der Waals surface area (Å²) in [6.07, 6.45) is 4.63. The first-order chi connectivity index (χ1) is 9.67. The minimum absolute atomic E-state index is 0.0955. The number of aromatic nitrogens is 1. The van der Waals surface area contributed by atoms with E-state index in [2.05, 4.69) is 15.5 Å². The van der Waals surface area contributed by atoms with Gasteiger partial charge in [0.1, 0.15) is 0 Å². The monoisotopic (exact) mass is 277 g/mol. The summed E-state index contributed by atoms with van der Waals surface area (Å²) in [5.41, 5.74) is 3.52. The zero-order chi connectivity index (χ0) is 14.8. The molecular weight excluding hydrogens is 258 g/mol. The predicted octanol–water partition coefficient (Wildman–Crippen LogP) is 1.92. The SMILES string of the molecule is CCC/C(CC(=O)OCC)=N\NC(=O)c1ccncc1. The molecular formula is C14H19N3O3. The molecule has 0 unspecified atom stereocenters. The Kier molecular flexibility index (Phi) is 6.95. The van der Waals surface area contributed by atoms with Crippen molar-refractivity contribution in [1.82, 2.24) is 10.4 Å². The Morgan fingerprint density at radius 3 is 2.60 bits per heavy atom. The molecule has 1 N–H and O–H groups in total. The molecule has 1 amide bonds. The Morgan fingerprint density at radius 2 is 2.00 bits per heavy atom. The largest absolute Gasteiger partial charge is 0.466 e. The molecule has 0 saturated heterocycles. The van der Waals surface area contributed by atoms with Crippen LogP contribution in [0.1, 0.15) is 43.5 Å². The van der Waals surface area contributed by atoms with Crippen LogP contribution in [0.5, 0.6) is 0 Å². The van der Waals surface area contributed by atoms with E-state index in [1.165, 1.54) is 12.4 Å². The van der Waals surface area contributed by atoms with Gasteiger partial charge >= 0.3 is 5.97 Å². The lowest BCUT2D eigenvalue weighted by Crippen LogP contribution is -2.21. The minimum atomic E-state index is -0.335. The summed E-state index contributed by atoms with van der Waals surface area (Å²) in [5, 5.41) is 4.01. The van der Waals surface area contributed by atoms with Gasteiger partial charge in [0, 0.05) is 23.7 Å². The summed E-state index contributed by atoms with van der Waals surface area (Å²) in [5.74, 6) is -0.664. The highest BCUT2D eigenvalue weighted by molar-refractivity contribution is 6.00. The minimum Gasteiger partial charge on any atom is -0.466 e. The van der Waals surface area contributed by atoms with Crippen LogP contribution in [0, 0.1) is 0 Å². The molecule has 0 atom stereocenters. The summed E-state index contributed by atoms with van der Waals surface area (Å²) in [6.45, 7) is 4.06. The molecule has 0 aliphatic heterocycles. The summed E-state index contributed by atoms with van der Waals surface area (Å²) < 4.78 is 4.87. The topological polar surface area (TPSA) is 80.6 Å². The number of ether oxygens (including phenoxy) is 1. The van der Waals surface area contributed by atoms with Crippen molar-refractivity contribution in [1.29, 1.82) is 0 Å². The quantitative estimate of drug-likeness (QED) is 0.469. The molecule has 1 heterocycles. The zero-order valence-electron chi connectivity index (χ0n) is 11.8. The maximum atomic E-state index is 11.8. The highest BCUT2D eigenvalue weighted by Crippen LogP contribution is 2.01. The number of nitrogens with one attached hydrogen (secondary N) is 1. The van der Waals surface area contributed by atoms with E-state index in [4.69, 9.17) is 4.74 Å².